The number of rotatable bonds is 8. The number of benzene rings is 2. The third-order valence-corrected chi connectivity index (χ3v) is 9.37. The predicted molar refractivity (Wildman–Crippen MR) is 163 cm³/mol. The molecule has 0 aliphatic carbocycles. The molecule has 2 aromatic carbocycles. The molecule has 0 saturated carbocycles. The lowest BCUT2D eigenvalue weighted by Gasteiger charge is -2.32. The first-order valence-electron chi connectivity index (χ1n) is 13.2. The smallest absolute Gasteiger partial charge is 0.341 e. The van der Waals surface area contributed by atoms with Crippen LogP contribution in [-0.2, 0) is 16.9 Å². The molecule has 0 saturated heterocycles. The number of pyridine rings is 1. The molecule has 1 atom stereocenters. The first-order chi connectivity index (χ1) is 19.2. The van der Waals surface area contributed by atoms with Crippen molar-refractivity contribution in [2.45, 2.75) is 46.8 Å². The second-order valence-electron chi connectivity index (χ2n) is 9.44. The Kier molecular flexibility index (Phi) is 7.92. The van der Waals surface area contributed by atoms with Crippen LogP contribution in [0.3, 0.4) is 0 Å². The molecule has 0 fully saturated rings. The fourth-order valence-corrected chi connectivity index (χ4v) is 6.89. The third-order valence-electron chi connectivity index (χ3n) is 7.58. The van der Waals surface area contributed by atoms with E-state index in [4.69, 9.17) is 60.9 Å². The number of cyclic esters (lactones) is 1. The van der Waals surface area contributed by atoms with Gasteiger partial charge >= 0.3 is 5.97 Å². The first kappa shape index (κ1) is 28.9. The molecule has 0 bridgehead atoms. The van der Waals surface area contributed by atoms with Crippen molar-refractivity contribution in [1.29, 1.82) is 0 Å². The van der Waals surface area contributed by atoms with Gasteiger partial charge in [-0.05, 0) is 58.9 Å². The van der Waals surface area contributed by atoms with E-state index in [1.54, 1.807) is 18.3 Å². The highest BCUT2D eigenvalue weighted by Gasteiger charge is 2.54. The first-order valence-corrected chi connectivity index (χ1v) is 14.7. The standard InChI is InChI=1S/C30H29Cl4N3O3/c1-6-36(7-2)17-12-13-19(20(15-17)39-9-4)30(28-18(29(38)40-30)11-10-14-35-28)22-16(5)37(8-3)27-21(22)23(31)24(32)25(33)26(27)34/h10-15H,6-9H2,1-5H3. The largest absolute Gasteiger partial charge is 0.493 e. The summed E-state index contributed by atoms with van der Waals surface area (Å²) in [5.41, 5.74) is 2.89. The number of aromatic nitrogens is 2. The lowest BCUT2D eigenvalue weighted by atomic mass is 9.80. The number of carbonyl (C=O) groups excluding carboxylic acids is 1. The number of carbonyl (C=O) groups is 1. The van der Waals surface area contributed by atoms with Gasteiger partial charge in [0.15, 0.2) is 0 Å². The number of hydrogen-bond donors (Lipinski definition) is 0. The quantitative estimate of drug-likeness (QED) is 0.112. The monoisotopic (exact) mass is 619 g/mol. The van der Waals surface area contributed by atoms with Crippen LogP contribution < -0.4 is 9.64 Å². The van der Waals surface area contributed by atoms with Gasteiger partial charge in [-0.25, -0.2) is 4.79 Å². The number of halogens is 4. The number of fused-ring (bicyclic) bond motifs is 2. The zero-order chi connectivity index (χ0) is 28.9. The summed E-state index contributed by atoms with van der Waals surface area (Å²) < 4.78 is 14.7. The fraction of sp³-hybridized carbons (Fsp3) is 0.333. The Bertz CT molecular complexity index is 1650. The number of hydrogen-bond acceptors (Lipinski definition) is 5. The van der Waals surface area contributed by atoms with E-state index in [-0.39, 0.29) is 20.1 Å². The van der Waals surface area contributed by atoms with Crippen molar-refractivity contribution < 1.29 is 14.3 Å². The molecular formula is C30H29Cl4N3O3. The van der Waals surface area contributed by atoms with E-state index < -0.39 is 11.6 Å². The van der Waals surface area contributed by atoms with E-state index in [0.717, 1.165) is 24.5 Å². The van der Waals surface area contributed by atoms with Gasteiger partial charge in [-0.1, -0.05) is 46.4 Å². The summed E-state index contributed by atoms with van der Waals surface area (Å²) in [5.74, 6) is 0.0646. The van der Waals surface area contributed by atoms with Gasteiger partial charge < -0.3 is 18.9 Å². The summed E-state index contributed by atoms with van der Waals surface area (Å²) >= 11 is 26.9. The van der Waals surface area contributed by atoms with Crippen LogP contribution in [0, 0.1) is 6.92 Å². The molecule has 0 spiro atoms. The van der Waals surface area contributed by atoms with Gasteiger partial charge in [0.1, 0.15) is 11.4 Å². The lowest BCUT2D eigenvalue weighted by molar-refractivity contribution is 0.0238. The maximum absolute atomic E-state index is 13.5. The molecule has 10 heteroatoms. The Morgan fingerprint density at radius 1 is 1.00 bits per heavy atom. The molecule has 210 valence electrons. The van der Waals surface area contributed by atoms with Gasteiger partial charge in [-0.15, -0.1) is 0 Å². The second-order valence-corrected chi connectivity index (χ2v) is 11.0. The predicted octanol–water partition coefficient (Wildman–Crippen LogP) is 8.69. The molecule has 0 radical (unpaired) electrons. The minimum Gasteiger partial charge on any atom is -0.493 e. The average Bonchev–Trinajstić information content (AvgIpc) is 3.43. The minimum absolute atomic E-state index is 0.123. The Balaban J connectivity index is 1.99. The third kappa shape index (κ3) is 4.06. The minimum atomic E-state index is -1.51. The molecule has 0 N–H and O–H groups in total. The van der Waals surface area contributed by atoms with Gasteiger partial charge in [0.25, 0.3) is 0 Å². The van der Waals surface area contributed by atoms with Crippen molar-refractivity contribution in [3.05, 3.63) is 84.7 Å². The molecular weight excluding hydrogens is 592 g/mol. The molecule has 3 heterocycles. The van der Waals surface area contributed by atoms with Gasteiger partial charge in [-0.2, -0.15) is 0 Å². The molecule has 0 amide bonds. The van der Waals surface area contributed by atoms with Gasteiger partial charge in [0.2, 0.25) is 5.60 Å². The summed E-state index contributed by atoms with van der Waals surface area (Å²) in [5, 5.41) is 1.31. The van der Waals surface area contributed by atoms with Crippen LogP contribution in [0.1, 0.15) is 60.6 Å². The maximum atomic E-state index is 13.5. The van der Waals surface area contributed by atoms with Crippen molar-refractivity contribution in [2.24, 2.45) is 0 Å². The van der Waals surface area contributed by atoms with Gasteiger partial charge in [0, 0.05) is 59.8 Å². The normalized spacial score (nSPS) is 16.4. The van der Waals surface area contributed by atoms with E-state index in [0.29, 0.717) is 52.2 Å². The van der Waals surface area contributed by atoms with Gasteiger partial charge in [-0.3, -0.25) is 4.98 Å². The number of ether oxygens (including phenoxy) is 2. The van der Waals surface area contributed by atoms with Crippen LogP contribution in [0.25, 0.3) is 10.9 Å². The lowest BCUT2D eigenvalue weighted by Crippen LogP contribution is -2.32. The second kappa shape index (κ2) is 11.0. The topological polar surface area (TPSA) is 56.6 Å². The highest BCUT2D eigenvalue weighted by Crippen LogP contribution is 2.56. The average molecular weight is 621 g/mol. The van der Waals surface area contributed by atoms with E-state index in [2.05, 4.69) is 18.7 Å². The van der Waals surface area contributed by atoms with Crippen molar-refractivity contribution in [2.75, 3.05) is 24.6 Å². The molecule has 5 rings (SSSR count). The van der Waals surface area contributed by atoms with Crippen LogP contribution in [0.15, 0.2) is 36.5 Å². The van der Waals surface area contributed by atoms with E-state index >= 15 is 0 Å². The molecule has 4 aromatic rings. The van der Waals surface area contributed by atoms with Crippen LogP contribution in [0.2, 0.25) is 20.1 Å². The zero-order valence-electron chi connectivity index (χ0n) is 22.9. The summed E-state index contributed by atoms with van der Waals surface area (Å²) in [6.45, 7) is 12.6. The molecule has 1 aliphatic rings. The number of esters is 1. The van der Waals surface area contributed by atoms with Crippen molar-refractivity contribution in [3.63, 3.8) is 0 Å². The molecule has 1 unspecified atom stereocenters. The van der Waals surface area contributed by atoms with Crippen LogP contribution >= 0.6 is 46.4 Å². The highest BCUT2D eigenvalue weighted by atomic mass is 35.5. The Morgan fingerprint density at radius 2 is 1.70 bits per heavy atom. The number of nitrogens with zero attached hydrogens (tertiary/aromatic N) is 3. The summed E-state index contributed by atoms with van der Waals surface area (Å²) in [4.78, 5) is 20.5. The zero-order valence-corrected chi connectivity index (χ0v) is 25.9. The van der Waals surface area contributed by atoms with Crippen molar-refractivity contribution in [1.82, 2.24) is 9.55 Å². The fourth-order valence-electron chi connectivity index (χ4n) is 5.85. The highest BCUT2D eigenvalue weighted by molar-refractivity contribution is 6.55. The number of aryl methyl sites for hydroxylation is 1. The summed E-state index contributed by atoms with van der Waals surface area (Å²) in [6.07, 6.45) is 1.65. The van der Waals surface area contributed by atoms with Crippen LogP contribution in [-0.4, -0.2) is 35.2 Å². The molecule has 1 aliphatic heterocycles. The Hall–Kier alpha value is -2.64. The molecule has 6 nitrogen and oxygen atoms in total. The van der Waals surface area contributed by atoms with Crippen molar-refractivity contribution >= 4 is 69.0 Å². The maximum Gasteiger partial charge on any atom is 0.341 e. The molecule has 40 heavy (non-hydrogen) atoms. The Labute approximate surface area is 253 Å². The Morgan fingerprint density at radius 3 is 2.35 bits per heavy atom. The van der Waals surface area contributed by atoms with E-state index in [9.17, 15) is 4.79 Å². The molecule has 2 aromatic heterocycles. The van der Waals surface area contributed by atoms with Gasteiger partial charge in [0.05, 0.1) is 37.8 Å². The summed E-state index contributed by atoms with van der Waals surface area (Å²) in [6, 6.07) is 9.36. The van der Waals surface area contributed by atoms with Crippen LogP contribution in [0.4, 0.5) is 5.69 Å². The van der Waals surface area contributed by atoms with Crippen LogP contribution in [0.5, 0.6) is 5.75 Å². The number of anilines is 1. The summed E-state index contributed by atoms with van der Waals surface area (Å²) in [7, 11) is 0. The SMILES string of the molecule is CCOc1cc(N(CC)CC)ccc1C1(c2c(C)n(CC)c3c(Cl)c(Cl)c(Cl)c(Cl)c23)OC(=O)c2cccnc21. The van der Waals surface area contributed by atoms with Crippen molar-refractivity contribution in [3.8, 4) is 5.75 Å². The van der Waals surface area contributed by atoms with E-state index in [1.165, 1.54) is 0 Å². The van der Waals surface area contributed by atoms with E-state index in [1.807, 2.05) is 43.5 Å².